The smallest absolute Gasteiger partial charge is 0.416 e. The summed E-state index contributed by atoms with van der Waals surface area (Å²) in [4.78, 5) is 26.1. The fourth-order valence-corrected chi connectivity index (χ4v) is 3.14. The summed E-state index contributed by atoms with van der Waals surface area (Å²) < 4.78 is 45.1. The van der Waals surface area contributed by atoms with Gasteiger partial charge in [0.25, 0.3) is 5.56 Å². The first-order valence-corrected chi connectivity index (χ1v) is 8.51. The average Bonchev–Trinajstić information content (AvgIpc) is 2.64. The number of hydrogen-bond acceptors (Lipinski definition) is 3. The number of carboxylic acids is 1. The Hall–Kier alpha value is -3.26. The molecule has 0 radical (unpaired) electrons. The zero-order valence-corrected chi connectivity index (χ0v) is 15.6. The number of nitrogens with one attached hydrogen (secondary N) is 1. The van der Waals surface area contributed by atoms with Gasteiger partial charge in [-0.1, -0.05) is 11.6 Å². The fraction of sp³-hybridized carbons (Fsp3) is 0.100. The zero-order chi connectivity index (χ0) is 21.3. The van der Waals surface area contributed by atoms with E-state index in [1.54, 1.807) is 0 Å². The minimum atomic E-state index is -4.61. The molecular formula is C20H13ClF3NO4. The third-order valence-electron chi connectivity index (χ3n) is 4.20. The quantitative estimate of drug-likeness (QED) is 0.580. The van der Waals surface area contributed by atoms with Crippen molar-refractivity contribution in [3.05, 3.63) is 69.0 Å². The van der Waals surface area contributed by atoms with E-state index in [2.05, 4.69) is 4.98 Å². The van der Waals surface area contributed by atoms with Crippen molar-refractivity contribution in [3.8, 4) is 16.9 Å². The van der Waals surface area contributed by atoms with Crippen LogP contribution in [0.3, 0.4) is 0 Å². The average molecular weight is 424 g/mol. The highest BCUT2D eigenvalue weighted by Crippen LogP contribution is 2.40. The van der Waals surface area contributed by atoms with Crippen LogP contribution in [0.5, 0.6) is 5.75 Å². The Balaban J connectivity index is 2.51. The highest BCUT2D eigenvalue weighted by molar-refractivity contribution is 6.31. The van der Waals surface area contributed by atoms with Gasteiger partial charge in [-0.05, 0) is 42.5 Å². The van der Waals surface area contributed by atoms with E-state index < -0.39 is 23.3 Å². The van der Waals surface area contributed by atoms with Crippen LogP contribution in [0.4, 0.5) is 13.2 Å². The molecule has 150 valence electrons. The highest BCUT2D eigenvalue weighted by atomic mass is 35.5. The minimum absolute atomic E-state index is 0.0602. The summed E-state index contributed by atoms with van der Waals surface area (Å²) in [5.74, 6) is -1.07. The van der Waals surface area contributed by atoms with Crippen LogP contribution in [0.25, 0.3) is 28.1 Å². The largest absolute Gasteiger partial charge is 0.496 e. The van der Waals surface area contributed by atoms with Crippen LogP contribution in [0.1, 0.15) is 11.1 Å². The highest BCUT2D eigenvalue weighted by Gasteiger charge is 2.31. The molecule has 0 bridgehead atoms. The summed E-state index contributed by atoms with van der Waals surface area (Å²) in [7, 11) is 1.36. The number of hydrogen-bond donors (Lipinski definition) is 2. The Kier molecular flexibility index (Phi) is 5.39. The molecule has 1 aromatic heterocycles. The number of H-pyrrole nitrogens is 1. The number of aromatic nitrogens is 1. The molecule has 0 atom stereocenters. The Labute approximate surface area is 167 Å². The van der Waals surface area contributed by atoms with Crippen molar-refractivity contribution in [1.82, 2.24) is 4.98 Å². The third-order valence-corrected chi connectivity index (χ3v) is 4.44. The Morgan fingerprint density at radius 1 is 1.21 bits per heavy atom. The van der Waals surface area contributed by atoms with E-state index in [-0.39, 0.29) is 38.4 Å². The van der Waals surface area contributed by atoms with Gasteiger partial charge in [0.2, 0.25) is 0 Å². The maximum absolute atomic E-state index is 13.3. The molecule has 0 unspecified atom stereocenters. The summed E-state index contributed by atoms with van der Waals surface area (Å²) in [6.07, 6.45) is -2.86. The van der Waals surface area contributed by atoms with Crippen molar-refractivity contribution in [2.24, 2.45) is 0 Å². The number of alkyl halides is 3. The van der Waals surface area contributed by atoms with Crippen LogP contribution in [0.2, 0.25) is 5.02 Å². The van der Waals surface area contributed by atoms with Crippen LogP contribution in [0.15, 0.2) is 47.3 Å². The molecule has 0 aliphatic carbocycles. The molecule has 0 aliphatic heterocycles. The number of aromatic amines is 1. The molecule has 3 rings (SSSR count). The van der Waals surface area contributed by atoms with E-state index >= 15 is 0 Å². The number of benzene rings is 2. The third kappa shape index (κ3) is 4.12. The van der Waals surface area contributed by atoms with Gasteiger partial charge in [-0.15, -0.1) is 0 Å². The number of rotatable bonds is 4. The van der Waals surface area contributed by atoms with Crippen molar-refractivity contribution in [2.75, 3.05) is 7.11 Å². The first-order valence-electron chi connectivity index (χ1n) is 8.14. The predicted octanol–water partition coefficient (Wildman–Crippen LogP) is 4.97. The van der Waals surface area contributed by atoms with Crippen molar-refractivity contribution in [2.45, 2.75) is 6.18 Å². The van der Waals surface area contributed by atoms with Crippen LogP contribution in [-0.2, 0) is 11.0 Å². The number of fused-ring (bicyclic) bond motifs is 1. The summed E-state index contributed by atoms with van der Waals surface area (Å²) in [5, 5.41) is 9.26. The van der Waals surface area contributed by atoms with Gasteiger partial charge in [0.15, 0.2) is 0 Å². The number of halogens is 4. The lowest BCUT2D eigenvalue weighted by molar-refractivity contribution is -0.137. The van der Waals surface area contributed by atoms with Gasteiger partial charge in [-0.25, -0.2) is 4.79 Å². The number of carboxylic acid groups (broad SMARTS) is 1. The summed E-state index contributed by atoms with van der Waals surface area (Å²) >= 11 is 6.06. The number of aliphatic carboxylic acids is 1. The molecule has 9 heteroatoms. The van der Waals surface area contributed by atoms with Gasteiger partial charge < -0.3 is 14.8 Å². The molecule has 3 aromatic rings. The molecule has 0 aliphatic rings. The van der Waals surface area contributed by atoms with Crippen LogP contribution in [0, 0.1) is 0 Å². The summed E-state index contributed by atoms with van der Waals surface area (Å²) in [6, 6.07) is 7.34. The van der Waals surface area contributed by atoms with E-state index in [4.69, 9.17) is 21.4 Å². The first kappa shape index (κ1) is 20.5. The van der Waals surface area contributed by atoms with Crippen LogP contribution in [-0.4, -0.2) is 23.2 Å². The lowest BCUT2D eigenvalue weighted by Crippen LogP contribution is -2.13. The second kappa shape index (κ2) is 7.63. The molecule has 0 saturated heterocycles. The van der Waals surface area contributed by atoms with Gasteiger partial charge in [0.1, 0.15) is 5.75 Å². The standard InChI is InChI=1S/C20H13ClF3NO4/c1-29-16-6-3-11(21)9-14(16)18-12(4-7-17(26)27)19(28)25-15-5-2-10(8-13(15)18)20(22,23)24/h2-9H,1H3,(H,25,28)(H,26,27). The molecule has 0 fully saturated rings. The predicted molar refractivity (Wildman–Crippen MR) is 103 cm³/mol. The number of carbonyl (C=O) groups is 1. The Morgan fingerprint density at radius 3 is 2.55 bits per heavy atom. The normalized spacial score (nSPS) is 11.9. The van der Waals surface area contributed by atoms with Gasteiger partial charge in [0, 0.05) is 38.7 Å². The van der Waals surface area contributed by atoms with Crippen molar-refractivity contribution in [3.63, 3.8) is 0 Å². The Bertz CT molecular complexity index is 1200. The Morgan fingerprint density at radius 2 is 1.93 bits per heavy atom. The van der Waals surface area contributed by atoms with Crippen molar-refractivity contribution < 1.29 is 27.8 Å². The maximum Gasteiger partial charge on any atom is 0.416 e. The topological polar surface area (TPSA) is 79.4 Å². The van der Waals surface area contributed by atoms with E-state index in [0.29, 0.717) is 0 Å². The number of pyridine rings is 1. The minimum Gasteiger partial charge on any atom is -0.496 e. The van der Waals surface area contributed by atoms with Crippen molar-refractivity contribution >= 4 is 34.5 Å². The SMILES string of the molecule is COc1ccc(Cl)cc1-c1c(C=CC(=O)O)c(=O)[nH]c2ccc(C(F)(F)F)cc12. The van der Waals surface area contributed by atoms with Gasteiger partial charge >= 0.3 is 12.1 Å². The zero-order valence-electron chi connectivity index (χ0n) is 14.8. The molecule has 29 heavy (non-hydrogen) atoms. The second-order valence-electron chi connectivity index (χ2n) is 6.02. The molecule has 0 saturated carbocycles. The second-order valence-corrected chi connectivity index (χ2v) is 6.45. The number of ether oxygens (including phenoxy) is 1. The lowest BCUT2D eigenvalue weighted by Gasteiger charge is -2.16. The lowest BCUT2D eigenvalue weighted by atomic mass is 9.94. The molecule has 5 nitrogen and oxygen atoms in total. The van der Waals surface area contributed by atoms with E-state index in [1.165, 1.54) is 25.3 Å². The molecule has 2 N–H and O–H groups in total. The first-order chi connectivity index (χ1) is 13.6. The molecule has 0 spiro atoms. The fourth-order valence-electron chi connectivity index (χ4n) is 2.96. The monoisotopic (exact) mass is 423 g/mol. The molecule has 1 heterocycles. The molecule has 2 aromatic carbocycles. The van der Waals surface area contributed by atoms with Gasteiger partial charge in [-0.3, -0.25) is 4.79 Å². The number of methoxy groups -OCH3 is 1. The maximum atomic E-state index is 13.3. The summed E-state index contributed by atoms with van der Waals surface area (Å²) in [6.45, 7) is 0. The van der Waals surface area contributed by atoms with E-state index in [1.807, 2.05) is 0 Å². The van der Waals surface area contributed by atoms with Gasteiger partial charge in [-0.2, -0.15) is 13.2 Å². The van der Waals surface area contributed by atoms with E-state index in [0.717, 1.165) is 30.4 Å². The van der Waals surface area contributed by atoms with Crippen LogP contribution < -0.4 is 10.3 Å². The van der Waals surface area contributed by atoms with Gasteiger partial charge in [0.05, 0.1) is 12.7 Å². The summed E-state index contributed by atoms with van der Waals surface area (Å²) in [5.41, 5.74) is -1.27. The molecule has 0 amide bonds. The van der Waals surface area contributed by atoms with Crippen molar-refractivity contribution in [1.29, 1.82) is 0 Å². The van der Waals surface area contributed by atoms with Crippen LogP contribution >= 0.6 is 11.6 Å². The molecular weight excluding hydrogens is 411 g/mol. The van der Waals surface area contributed by atoms with E-state index in [9.17, 15) is 22.8 Å².